The van der Waals surface area contributed by atoms with Crippen LogP contribution in [0.1, 0.15) is 12.0 Å². The number of nitrogens with two attached hydrogens (primary N) is 1. The largest absolute Gasteiger partial charge is 0.493 e. The molecule has 2 aromatic rings. The van der Waals surface area contributed by atoms with E-state index < -0.39 is 0 Å². The standard InChI is InChI=1S/C20H26N2O2/c1-2-5-18(6-3-1)17-24-20-9-7-19(8-10-20)23-16-4-13-22-14-11-21-12-15-22/h1-3,5-10,21H,4,11-17H2/p+2. The van der Waals surface area contributed by atoms with Gasteiger partial charge in [-0.05, 0) is 29.8 Å². The van der Waals surface area contributed by atoms with Crippen LogP contribution in [-0.4, -0.2) is 39.3 Å². The van der Waals surface area contributed by atoms with E-state index >= 15 is 0 Å². The number of nitrogens with one attached hydrogen (secondary N) is 1. The van der Waals surface area contributed by atoms with Gasteiger partial charge < -0.3 is 19.7 Å². The molecule has 4 heteroatoms. The maximum Gasteiger partial charge on any atom is 0.127 e. The molecular weight excluding hydrogens is 300 g/mol. The molecule has 0 atom stereocenters. The van der Waals surface area contributed by atoms with Crippen molar-refractivity contribution in [2.24, 2.45) is 0 Å². The van der Waals surface area contributed by atoms with Gasteiger partial charge in [0.15, 0.2) is 0 Å². The number of piperazine rings is 1. The lowest BCUT2D eigenvalue weighted by atomic mass is 10.2. The fourth-order valence-corrected chi connectivity index (χ4v) is 3.02. The van der Waals surface area contributed by atoms with E-state index in [1.165, 1.54) is 38.3 Å². The van der Waals surface area contributed by atoms with Crippen molar-refractivity contribution >= 4 is 0 Å². The molecule has 0 radical (unpaired) electrons. The molecule has 1 saturated heterocycles. The van der Waals surface area contributed by atoms with Crippen molar-refractivity contribution < 1.29 is 19.7 Å². The molecule has 0 bridgehead atoms. The normalized spacial score (nSPS) is 15.2. The van der Waals surface area contributed by atoms with Crippen LogP contribution in [0.4, 0.5) is 0 Å². The minimum atomic E-state index is 0.594. The first-order chi connectivity index (χ1) is 11.9. The number of hydrogen-bond donors (Lipinski definition) is 2. The summed E-state index contributed by atoms with van der Waals surface area (Å²) in [7, 11) is 0. The lowest BCUT2D eigenvalue weighted by molar-refractivity contribution is -0.946. The first-order valence-corrected chi connectivity index (χ1v) is 8.95. The minimum Gasteiger partial charge on any atom is -0.493 e. The minimum absolute atomic E-state index is 0.594. The molecule has 1 heterocycles. The summed E-state index contributed by atoms with van der Waals surface area (Å²) in [5, 5.41) is 2.40. The zero-order valence-corrected chi connectivity index (χ0v) is 14.2. The van der Waals surface area contributed by atoms with Gasteiger partial charge in [-0.1, -0.05) is 30.3 Å². The van der Waals surface area contributed by atoms with Gasteiger partial charge in [0, 0.05) is 6.42 Å². The van der Waals surface area contributed by atoms with Gasteiger partial charge >= 0.3 is 0 Å². The molecule has 24 heavy (non-hydrogen) atoms. The second-order valence-electron chi connectivity index (χ2n) is 6.31. The number of quaternary nitrogens is 2. The molecule has 1 fully saturated rings. The van der Waals surface area contributed by atoms with Gasteiger partial charge in [0.2, 0.25) is 0 Å². The molecule has 0 spiro atoms. The van der Waals surface area contributed by atoms with Crippen molar-refractivity contribution in [1.82, 2.24) is 0 Å². The Hall–Kier alpha value is -2.04. The van der Waals surface area contributed by atoms with Crippen LogP contribution in [0.3, 0.4) is 0 Å². The van der Waals surface area contributed by atoms with Crippen LogP contribution in [0.25, 0.3) is 0 Å². The van der Waals surface area contributed by atoms with Gasteiger partial charge in [-0.25, -0.2) is 0 Å². The average Bonchev–Trinajstić information content (AvgIpc) is 2.66. The predicted molar refractivity (Wildman–Crippen MR) is 94.6 cm³/mol. The summed E-state index contributed by atoms with van der Waals surface area (Å²) in [5.74, 6) is 1.80. The third-order valence-corrected chi connectivity index (χ3v) is 4.42. The van der Waals surface area contributed by atoms with Crippen LogP contribution in [-0.2, 0) is 6.61 Å². The monoisotopic (exact) mass is 328 g/mol. The smallest absolute Gasteiger partial charge is 0.127 e. The van der Waals surface area contributed by atoms with Crippen molar-refractivity contribution in [2.45, 2.75) is 13.0 Å². The molecular formula is C20H28N2O2+2. The fourth-order valence-electron chi connectivity index (χ4n) is 3.02. The van der Waals surface area contributed by atoms with Crippen LogP contribution in [0.2, 0.25) is 0 Å². The second-order valence-corrected chi connectivity index (χ2v) is 6.31. The zero-order chi connectivity index (χ0) is 16.5. The van der Waals surface area contributed by atoms with Crippen molar-refractivity contribution in [2.75, 3.05) is 39.3 Å². The summed E-state index contributed by atoms with van der Waals surface area (Å²) < 4.78 is 11.6. The summed E-state index contributed by atoms with van der Waals surface area (Å²) >= 11 is 0. The van der Waals surface area contributed by atoms with Gasteiger partial charge in [0.25, 0.3) is 0 Å². The molecule has 2 aromatic carbocycles. The van der Waals surface area contributed by atoms with E-state index in [0.29, 0.717) is 6.61 Å². The summed E-state index contributed by atoms with van der Waals surface area (Å²) in [4.78, 5) is 1.71. The Kier molecular flexibility index (Phi) is 6.51. The van der Waals surface area contributed by atoms with Crippen LogP contribution in [0.5, 0.6) is 11.5 Å². The number of ether oxygens (including phenoxy) is 2. The quantitative estimate of drug-likeness (QED) is 0.693. The third-order valence-electron chi connectivity index (χ3n) is 4.42. The third kappa shape index (κ3) is 5.55. The van der Waals surface area contributed by atoms with Crippen LogP contribution >= 0.6 is 0 Å². The van der Waals surface area contributed by atoms with Crippen molar-refractivity contribution in [3.63, 3.8) is 0 Å². The maximum absolute atomic E-state index is 5.84. The molecule has 0 aliphatic carbocycles. The highest BCUT2D eigenvalue weighted by atomic mass is 16.5. The molecule has 3 N–H and O–H groups in total. The van der Waals surface area contributed by atoms with Gasteiger partial charge in [-0.3, -0.25) is 0 Å². The molecule has 4 nitrogen and oxygen atoms in total. The average molecular weight is 328 g/mol. The predicted octanol–water partition coefficient (Wildman–Crippen LogP) is 0.496. The van der Waals surface area contributed by atoms with E-state index in [4.69, 9.17) is 9.47 Å². The lowest BCUT2D eigenvalue weighted by Crippen LogP contribution is -3.20. The van der Waals surface area contributed by atoms with Crippen LogP contribution < -0.4 is 19.7 Å². The van der Waals surface area contributed by atoms with Gasteiger partial charge in [-0.2, -0.15) is 0 Å². The molecule has 0 unspecified atom stereocenters. The Bertz CT molecular complexity index is 580. The molecule has 1 aliphatic rings. The van der Waals surface area contributed by atoms with Crippen molar-refractivity contribution in [1.29, 1.82) is 0 Å². The molecule has 0 amide bonds. The number of rotatable bonds is 8. The number of hydrogen-bond acceptors (Lipinski definition) is 2. The van der Waals surface area contributed by atoms with Gasteiger partial charge in [-0.15, -0.1) is 0 Å². The summed E-state index contributed by atoms with van der Waals surface area (Å²) in [6.45, 7) is 7.70. The van der Waals surface area contributed by atoms with E-state index in [1.807, 2.05) is 42.5 Å². The highest BCUT2D eigenvalue weighted by Crippen LogP contribution is 2.18. The SMILES string of the molecule is c1ccc(COc2ccc(OCCC[NH+]3CC[NH2+]CC3)cc2)cc1. The molecule has 0 aromatic heterocycles. The molecule has 0 saturated carbocycles. The van der Waals surface area contributed by atoms with E-state index in [-0.39, 0.29) is 0 Å². The first-order valence-electron chi connectivity index (χ1n) is 8.95. The highest BCUT2D eigenvalue weighted by molar-refractivity contribution is 5.31. The summed E-state index contributed by atoms with van der Waals surface area (Å²) in [5.41, 5.74) is 1.18. The highest BCUT2D eigenvalue weighted by Gasteiger charge is 2.14. The topological polar surface area (TPSA) is 39.5 Å². The number of benzene rings is 2. The van der Waals surface area contributed by atoms with Crippen LogP contribution in [0.15, 0.2) is 54.6 Å². The Morgan fingerprint density at radius 2 is 1.50 bits per heavy atom. The lowest BCUT2D eigenvalue weighted by Gasteiger charge is -2.22. The van der Waals surface area contributed by atoms with Crippen molar-refractivity contribution in [3.8, 4) is 11.5 Å². The fraction of sp³-hybridized carbons (Fsp3) is 0.400. The zero-order valence-electron chi connectivity index (χ0n) is 14.2. The first kappa shape index (κ1) is 16.8. The van der Waals surface area contributed by atoms with Gasteiger partial charge in [0.05, 0.1) is 13.2 Å². The van der Waals surface area contributed by atoms with Crippen LogP contribution in [0, 0.1) is 0 Å². The van der Waals surface area contributed by atoms with E-state index in [9.17, 15) is 0 Å². The summed E-state index contributed by atoms with van der Waals surface area (Å²) in [6.07, 6.45) is 1.11. The second kappa shape index (κ2) is 9.30. The maximum atomic E-state index is 5.84. The van der Waals surface area contributed by atoms with E-state index in [0.717, 1.165) is 24.5 Å². The Balaban J connectivity index is 1.35. The Morgan fingerprint density at radius 3 is 2.21 bits per heavy atom. The summed E-state index contributed by atoms with van der Waals surface area (Å²) in [6, 6.07) is 18.1. The Morgan fingerprint density at radius 1 is 0.833 bits per heavy atom. The molecule has 3 rings (SSSR count). The Labute approximate surface area is 144 Å². The molecule has 1 aliphatic heterocycles. The van der Waals surface area contributed by atoms with E-state index in [2.05, 4.69) is 17.4 Å². The van der Waals surface area contributed by atoms with E-state index in [1.54, 1.807) is 4.90 Å². The van der Waals surface area contributed by atoms with Crippen molar-refractivity contribution in [3.05, 3.63) is 60.2 Å². The molecule has 128 valence electrons. The van der Waals surface area contributed by atoms with Gasteiger partial charge in [0.1, 0.15) is 44.3 Å².